The Morgan fingerprint density at radius 1 is 1.15 bits per heavy atom. The summed E-state index contributed by atoms with van der Waals surface area (Å²) in [6, 6.07) is 8.98. The fourth-order valence-corrected chi connectivity index (χ4v) is 4.28. The zero-order valence-corrected chi connectivity index (χ0v) is 15.6. The number of hydrogen-bond donors (Lipinski definition) is 0. The van der Waals surface area contributed by atoms with Crippen LogP contribution in [0, 0.1) is 0 Å². The molecule has 0 saturated carbocycles. The van der Waals surface area contributed by atoms with Crippen molar-refractivity contribution in [1.29, 1.82) is 0 Å². The van der Waals surface area contributed by atoms with Crippen LogP contribution in [0.1, 0.15) is 35.9 Å². The van der Waals surface area contributed by atoms with Gasteiger partial charge in [0.1, 0.15) is 17.4 Å². The molecule has 4 rings (SSSR count). The zero-order valence-electron chi connectivity index (χ0n) is 14.8. The van der Waals surface area contributed by atoms with Gasteiger partial charge in [-0.2, -0.15) is 0 Å². The summed E-state index contributed by atoms with van der Waals surface area (Å²) in [5, 5.41) is 3.34. The Morgan fingerprint density at radius 3 is 2.85 bits per heavy atom. The molecule has 3 heterocycles. The number of benzene rings is 1. The maximum Gasteiger partial charge on any atom is 0.119 e. The van der Waals surface area contributed by atoms with Gasteiger partial charge < -0.3 is 9.30 Å². The largest absolute Gasteiger partial charge is 0.492 e. The van der Waals surface area contributed by atoms with Gasteiger partial charge in [-0.3, -0.25) is 4.90 Å². The second-order valence-corrected chi connectivity index (χ2v) is 7.57. The number of imidazole rings is 1. The van der Waals surface area contributed by atoms with E-state index in [1.807, 2.05) is 23.3 Å². The van der Waals surface area contributed by atoms with Crippen molar-refractivity contribution in [2.45, 2.75) is 38.4 Å². The smallest absolute Gasteiger partial charge is 0.119 e. The number of hydrogen-bond acceptors (Lipinski definition) is 5. The molecule has 0 amide bonds. The van der Waals surface area contributed by atoms with E-state index in [1.54, 1.807) is 17.5 Å². The molecular weight excluding hydrogens is 344 g/mol. The molecule has 1 aliphatic heterocycles. The minimum Gasteiger partial charge on any atom is -0.492 e. The van der Waals surface area contributed by atoms with Crippen LogP contribution in [0.2, 0.25) is 0 Å². The van der Waals surface area contributed by atoms with Crippen molar-refractivity contribution in [3.63, 3.8) is 0 Å². The first-order valence-electron chi connectivity index (χ1n) is 9.19. The van der Waals surface area contributed by atoms with Crippen LogP contribution < -0.4 is 4.74 Å². The molecule has 1 aliphatic rings. The molecule has 2 aromatic heterocycles. The number of aromatic nitrogens is 3. The topological polar surface area (TPSA) is 43.2 Å². The zero-order chi connectivity index (χ0) is 17.6. The van der Waals surface area contributed by atoms with E-state index in [-0.39, 0.29) is 0 Å². The van der Waals surface area contributed by atoms with Crippen LogP contribution in [0.5, 0.6) is 5.75 Å². The third kappa shape index (κ3) is 4.31. The van der Waals surface area contributed by atoms with Gasteiger partial charge in [-0.25, -0.2) is 9.97 Å². The van der Waals surface area contributed by atoms with Crippen LogP contribution in [-0.4, -0.2) is 32.6 Å². The molecule has 5 nitrogen and oxygen atoms in total. The van der Waals surface area contributed by atoms with Crippen molar-refractivity contribution in [1.82, 2.24) is 19.4 Å². The standard InChI is InChI=1S/C20H24N4OS/c1-2-10-24(19(3-1)20-22-9-14-26-20)15-17-4-6-18(7-5-17)25-13-12-23-11-8-21-16-23/h4-9,11,14,16,19H,1-3,10,12-13,15H2/t19-/m0/s1. The third-order valence-corrected chi connectivity index (χ3v) is 5.71. The minimum atomic E-state index is 0.467. The van der Waals surface area contributed by atoms with Crippen LogP contribution in [0.4, 0.5) is 0 Å². The van der Waals surface area contributed by atoms with Gasteiger partial charge in [0, 0.05) is 30.5 Å². The molecule has 1 fully saturated rings. The minimum absolute atomic E-state index is 0.467. The predicted molar refractivity (Wildman–Crippen MR) is 103 cm³/mol. The number of thiazole rings is 1. The molecule has 136 valence electrons. The van der Waals surface area contributed by atoms with E-state index in [4.69, 9.17) is 4.74 Å². The van der Waals surface area contributed by atoms with E-state index in [9.17, 15) is 0 Å². The van der Waals surface area contributed by atoms with Crippen molar-refractivity contribution in [2.75, 3.05) is 13.2 Å². The van der Waals surface area contributed by atoms with Gasteiger partial charge in [0.05, 0.1) is 18.9 Å². The molecule has 0 aliphatic carbocycles. The SMILES string of the molecule is c1cn(CCOc2ccc(CN3CCCC[C@H]3c3nccs3)cc2)cn1. The molecule has 1 saturated heterocycles. The summed E-state index contributed by atoms with van der Waals surface area (Å²) in [6.45, 7) is 3.58. The van der Waals surface area contributed by atoms with Gasteiger partial charge in [-0.15, -0.1) is 11.3 Å². The lowest BCUT2D eigenvalue weighted by Crippen LogP contribution is -2.32. The highest BCUT2D eigenvalue weighted by atomic mass is 32.1. The Labute approximate surface area is 158 Å². The average Bonchev–Trinajstić information content (AvgIpc) is 3.38. The maximum absolute atomic E-state index is 5.83. The molecule has 1 aromatic carbocycles. The molecule has 26 heavy (non-hydrogen) atoms. The van der Waals surface area contributed by atoms with E-state index in [0.29, 0.717) is 12.6 Å². The molecular formula is C20H24N4OS. The van der Waals surface area contributed by atoms with Gasteiger partial charge >= 0.3 is 0 Å². The first kappa shape index (κ1) is 17.2. The van der Waals surface area contributed by atoms with Crippen LogP contribution >= 0.6 is 11.3 Å². The maximum atomic E-state index is 5.83. The summed E-state index contributed by atoms with van der Waals surface area (Å²) in [4.78, 5) is 11.2. The first-order valence-corrected chi connectivity index (χ1v) is 10.1. The van der Waals surface area contributed by atoms with Gasteiger partial charge in [0.15, 0.2) is 0 Å². The normalized spacial score (nSPS) is 18.1. The second-order valence-electron chi connectivity index (χ2n) is 6.65. The molecule has 0 unspecified atom stereocenters. The summed E-state index contributed by atoms with van der Waals surface area (Å²) in [5.74, 6) is 0.920. The molecule has 0 N–H and O–H groups in total. The van der Waals surface area contributed by atoms with Crippen molar-refractivity contribution < 1.29 is 4.74 Å². The number of likely N-dealkylation sites (tertiary alicyclic amines) is 1. The fourth-order valence-electron chi connectivity index (χ4n) is 3.47. The Balaban J connectivity index is 1.32. The van der Waals surface area contributed by atoms with Crippen LogP contribution in [-0.2, 0) is 13.1 Å². The molecule has 0 bridgehead atoms. The lowest BCUT2D eigenvalue weighted by Gasteiger charge is -2.34. The molecule has 0 radical (unpaired) electrons. The molecule has 3 aromatic rings. The summed E-state index contributed by atoms with van der Waals surface area (Å²) >= 11 is 1.77. The van der Waals surface area contributed by atoms with Gasteiger partial charge in [0.25, 0.3) is 0 Å². The second kappa shape index (κ2) is 8.47. The van der Waals surface area contributed by atoms with E-state index in [2.05, 4.69) is 44.5 Å². The number of piperidine rings is 1. The molecule has 1 atom stereocenters. The highest BCUT2D eigenvalue weighted by molar-refractivity contribution is 7.09. The van der Waals surface area contributed by atoms with Crippen molar-refractivity contribution in [3.05, 3.63) is 65.1 Å². The Kier molecular flexibility index (Phi) is 5.62. The van der Waals surface area contributed by atoms with Gasteiger partial charge in [-0.1, -0.05) is 18.6 Å². The number of rotatable bonds is 7. The summed E-state index contributed by atoms with van der Waals surface area (Å²) in [5.41, 5.74) is 1.33. The van der Waals surface area contributed by atoms with Crippen molar-refractivity contribution in [2.24, 2.45) is 0 Å². The van der Waals surface area contributed by atoms with Crippen molar-refractivity contribution in [3.8, 4) is 5.75 Å². The lowest BCUT2D eigenvalue weighted by atomic mass is 10.0. The third-order valence-electron chi connectivity index (χ3n) is 4.84. The van der Waals surface area contributed by atoms with E-state index < -0.39 is 0 Å². The highest BCUT2D eigenvalue weighted by Gasteiger charge is 2.25. The first-order chi connectivity index (χ1) is 12.9. The van der Waals surface area contributed by atoms with Gasteiger partial charge in [0.2, 0.25) is 0 Å². The van der Waals surface area contributed by atoms with Crippen molar-refractivity contribution >= 4 is 11.3 Å². The Hall–Kier alpha value is -2.18. The van der Waals surface area contributed by atoms with E-state index >= 15 is 0 Å². The quantitative estimate of drug-likeness (QED) is 0.628. The lowest BCUT2D eigenvalue weighted by molar-refractivity contribution is 0.140. The molecule has 6 heteroatoms. The number of nitrogens with zero attached hydrogens (tertiary/aromatic N) is 4. The fraction of sp³-hybridized carbons (Fsp3) is 0.400. The Morgan fingerprint density at radius 2 is 2.08 bits per heavy atom. The van der Waals surface area contributed by atoms with Crippen LogP contribution in [0.3, 0.4) is 0 Å². The van der Waals surface area contributed by atoms with E-state index in [0.717, 1.165) is 25.4 Å². The van der Waals surface area contributed by atoms with E-state index in [1.165, 1.54) is 29.8 Å². The summed E-state index contributed by atoms with van der Waals surface area (Å²) in [7, 11) is 0. The summed E-state index contributed by atoms with van der Waals surface area (Å²) < 4.78 is 7.85. The van der Waals surface area contributed by atoms with Crippen LogP contribution in [0.25, 0.3) is 0 Å². The average molecular weight is 369 g/mol. The predicted octanol–water partition coefficient (Wildman–Crippen LogP) is 4.15. The Bertz CT molecular complexity index is 771. The summed E-state index contributed by atoms with van der Waals surface area (Å²) in [6.07, 6.45) is 11.2. The monoisotopic (exact) mass is 368 g/mol. The molecule has 0 spiro atoms. The van der Waals surface area contributed by atoms with Gasteiger partial charge in [-0.05, 0) is 37.1 Å². The van der Waals surface area contributed by atoms with Crippen LogP contribution in [0.15, 0.2) is 54.6 Å². The highest BCUT2D eigenvalue weighted by Crippen LogP contribution is 2.33. The number of ether oxygens (including phenoxy) is 1.